The number of thiophene rings is 1. The molecule has 1 aliphatic rings. The number of hydrogen-bond donors (Lipinski definition) is 1. The molecule has 19 heavy (non-hydrogen) atoms. The molecule has 1 aliphatic carbocycles. The van der Waals surface area contributed by atoms with Crippen molar-refractivity contribution in [1.82, 2.24) is 0 Å². The van der Waals surface area contributed by atoms with Gasteiger partial charge >= 0.3 is 0 Å². The average molecular weight is 336 g/mol. The first-order chi connectivity index (χ1) is 9.14. The zero-order valence-corrected chi connectivity index (χ0v) is 12.8. The van der Waals surface area contributed by atoms with Crippen molar-refractivity contribution in [3.63, 3.8) is 0 Å². The molecule has 1 aromatic heterocycles. The van der Waals surface area contributed by atoms with Gasteiger partial charge in [-0.2, -0.15) is 0 Å². The molecule has 0 aliphatic heterocycles. The maximum absolute atomic E-state index is 12.4. The quantitative estimate of drug-likeness (QED) is 0.865. The molecule has 0 bridgehead atoms. The molecule has 0 unspecified atom stereocenters. The summed E-state index contributed by atoms with van der Waals surface area (Å²) in [6.45, 7) is 0.662. The van der Waals surface area contributed by atoms with E-state index in [1.807, 2.05) is 30.3 Å². The lowest BCUT2D eigenvalue weighted by Crippen LogP contribution is -2.20. The van der Waals surface area contributed by atoms with Gasteiger partial charge in [0.2, 0.25) is 5.78 Å². The first-order valence-electron chi connectivity index (χ1n) is 6.25. The molecule has 0 saturated heterocycles. The highest BCUT2D eigenvalue weighted by Gasteiger charge is 2.42. The lowest BCUT2D eigenvalue weighted by Gasteiger charge is -2.13. The third-order valence-electron chi connectivity index (χ3n) is 3.78. The van der Waals surface area contributed by atoms with Gasteiger partial charge in [-0.1, -0.05) is 18.2 Å². The molecule has 0 atom stereocenters. The van der Waals surface area contributed by atoms with Gasteiger partial charge in [-0.05, 0) is 52.5 Å². The van der Waals surface area contributed by atoms with Gasteiger partial charge in [-0.15, -0.1) is 11.3 Å². The van der Waals surface area contributed by atoms with Crippen molar-refractivity contribution in [3.05, 3.63) is 56.2 Å². The van der Waals surface area contributed by atoms with E-state index in [9.17, 15) is 4.79 Å². The summed E-state index contributed by atoms with van der Waals surface area (Å²) >= 11 is 4.86. The van der Waals surface area contributed by atoms with Gasteiger partial charge in [0.25, 0.3) is 0 Å². The minimum atomic E-state index is 0.0883. The van der Waals surface area contributed by atoms with Crippen molar-refractivity contribution in [3.8, 4) is 0 Å². The topological polar surface area (TPSA) is 43.1 Å². The van der Waals surface area contributed by atoms with Gasteiger partial charge in [0.1, 0.15) is 0 Å². The van der Waals surface area contributed by atoms with E-state index >= 15 is 0 Å². The lowest BCUT2D eigenvalue weighted by molar-refractivity contribution is 0.104. The minimum absolute atomic E-state index is 0.0883. The van der Waals surface area contributed by atoms with Crippen LogP contribution in [0.3, 0.4) is 0 Å². The van der Waals surface area contributed by atoms with E-state index < -0.39 is 0 Å². The van der Waals surface area contributed by atoms with Crippen molar-refractivity contribution in [2.24, 2.45) is 5.73 Å². The molecule has 2 N–H and O–H groups in total. The Morgan fingerprint density at radius 3 is 2.68 bits per heavy atom. The molecular weight excluding hydrogens is 322 g/mol. The summed E-state index contributed by atoms with van der Waals surface area (Å²) in [6, 6.07) is 11.7. The molecule has 0 spiro atoms. The van der Waals surface area contributed by atoms with Crippen LogP contribution in [0.1, 0.15) is 33.6 Å². The highest BCUT2D eigenvalue weighted by molar-refractivity contribution is 9.11. The molecule has 2 nitrogen and oxygen atoms in total. The predicted octanol–water partition coefficient (Wildman–Crippen LogP) is 3.73. The number of nitrogens with two attached hydrogens (primary N) is 1. The number of ketones is 1. The van der Waals surface area contributed by atoms with Gasteiger partial charge in [0.15, 0.2) is 0 Å². The van der Waals surface area contributed by atoms with E-state index in [4.69, 9.17) is 5.73 Å². The van der Waals surface area contributed by atoms with Crippen molar-refractivity contribution < 1.29 is 4.79 Å². The smallest absolute Gasteiger partial charge is 0.202 e. The molecule has 1 saturated carbocycles. The van der Waals surface area contributed by atoms with Crippen LogP contribution < -0.4 is 5.73 Å². The van der Waals surface area contributed by atoms with Crippen LogP contribution in [0.25, 0.3) is 0 Å². The number of benzene rings is 1. The third-order valence-corrected chi connectivity index (χ3v) is 5.40. The first-order valence-corrected chi connectivity index (χ1v) is 7.86. The van der Waals surface area contributed by atoms with Crippen molar-refractivity contribution >= 4 is 33.0 Å². The van der Waals surface area contributed by atoms with Crippen LogP contribution >= 0.6 is 27.3 Å². The molecule has 1 fully saturated rings. The molecule has 98 valence electrons. The Labute approximate surface area is 124 Å². The molecular formula is C15H14BrNOS. The Bertz CT molecular complexity index is 631. The van der Waals surface area contributed by atoms with E-state index in [-0.39, 0.29) is 11.2 Å². The number of hydrogen-bond acceptors (Lipinski definition) is 3. The fourth-order valence-corrected chi connectivity index (χ4v) is 3.68. The second kappa shape index (κ2) is 4.85. The fourth-order valence-electron chi connectivity index (χ4n) is 2.33. The monoisotopic (exact) mass is 335 g/mol. The van der Waals surface area contributed by atoms with Crippen LogP contribution in [0.2, 0.25) is 0 Å². The molecule has 1 aromatic carbocycles. The SMILES string of the molecule is NCC1(c2cccc(C(=O)c3ccc(Br)s3)c2)CC1. The van der Waals surface area contributed by atoms with Crippen molar-refractivity contribution in [1.29, 1.82) is 0 Å². The highest BCUT2D eigenvalue weighted by atomic mass is 79.9. The Morgan fingerprint density at radius 2 is 2.11 bits per heavy atom. The van der Waals surface area contributed by atoms with E-state index in [0.717, 1.165) is 27.1 Å². The van der Waals surface area contributed by atoms with Gasteiger partial charge < -0.3 is 5.73 Å². The Balaban J connectivity index is 1.93. The standard InChI is InChI=1S/C15H14BrNOS/c16-13-5-4-12(19-13)14(18)10-2-1-3-11(8-10)15(9-17)6-7-15/h1-5,8H,6-7,9,17H2. The normalized spacial score (nSPS) is 16.3. The summed E-state index contributed by atoms with van der Waals surface area (Å²) < 4.78 is 0.979. The lowest BCUT2D eigenvalue weighted by atomic mass is 9.93. The summed E-state index contributed by atoms with van der Waals surface area (Å²) in [5.41, 5.74) is 7.94. The number of halogens is 1. The number of rotatable bonds is 4. The Hall–Kier alpha value is -0.970. The second-order valence-corrected chi connectivity index (χ2v) is 7.46. The number of carbonyl (C=O) groups is 1. The van der Waals surface area contributed by atoms with Crippen molar-refractivity contribution in [2.75, 3.05) is 6.54 Å². The van der Waals surface area contributed by atoms with E-state index in [2.05, 4.69) is 22.0 Å². The molecule has 0 radical (unpaired) electrons. The molecule has 1 heterocycles. The van der Waals surface area contributed by atoms with Gasteiger partial charge in [-0.25, -0.2) is 0 Å². The molecule has 4 heteroatoms. The number of carbonyl (C=O) groups excluding carboxylic acids is 1. The van der Waals surface area contributed by atoms with Crippen LogP contribution in [0, 0.1) is 0 Å². The van der Waals surface area contributed by atoms with Crippen LogP contribution in [-0.2, 0) is 5.41 Å². The third kappa shape index (κ3) is 2.40. The van der Waals surface area contributed by atoms with E-state index in [1.54, 1.807) is 0 Å². The van der Waals surface area contributed by atoms with Gasteiger partial charge in [0.05, 0.1) is 8.66 Å². The molecule has 3 rings (SSSR count). The Morgan fingerprint density at radius 1 is 1.32 bits per heavy atom. The maximum atomic E-state index is 12.4. The van der Waals surface area contributed by atoms with E-state index in [1.165, 1.54) is 16.9 Å². The summed E-state index contributed by atoms with van der Waals surface area (Å²) in [5.74, 6) is 0.0883. The summed E-state index contributed by atoms with van der Waals surface area (Å²) in [6.07, 6.45) is 2.26. The highest BCUT2D eigenvalue weighted by Crippen LogP contribution is 2.47. The van der Waals surface area contributed by atoms with Gasteiger partial charge in [-0.3, -0.25) is 4.79 Å². The summed E-state index contributed by atoms with van der Waals surface area (Å²) in [7, 11) is 0. The predicted molar refractivity (Wildman–Crippen MR) is 81.9 cm³/mol. The van der Waals surface area contributed by atoms with Crippen molar-refractivity contribution in [2.45, 2.75) is 18.3 Å². The average Bonchev–Trinajstić information content (AvgIpc) is 3.14. The molecule has 2 aromatic rings. The van der Waals surface area contributed by atoms with Crippen LogP contribution in [0.15, 0.2) is 40.2 Å². The van der Waals surface area contributed by atoms with Crippen LogP contribution in [-0.4, -0.2) is 12.3 Å². The van der Waals surface area contributed by atoms with Gasteiger partial charge in [0, 0.05) is 17.5 Å². The Kier molecular flexibility index (Phi) is 3.33. The first kappa shape index (κ1) is 13.0. The summed E-state index contributed by atoms with van der Waals surface area (Å²) in [5, 5.41) is 0. The van der Waals surface area contributed by atoms with Crippen LogP contribution in [0.5, 0.6) is 0 Å². The molecule has 0 amide bonds. The zero-order chi connectivity index (χ0) is 13.5. The second-order valence-electron chi connectivity index (χ2n) is 5.00. The fraction of sp³-hybridized carbons (Fsp3) is 0.267. The largest absolute Gasteiger partial charge is 0.330 e. The zero-order valence-electron chi connectivity index (χ0n) is 10.4. The van der Waals surface area contributed by atoms with E-state index in [0.29, 0.717) is 6.54 Å². The van der Waals surface area contributed by atoms with Crippen LogP contribution in [0.4, 0.5) is 0 Å². The maximum Gasteiger partial charge on any atom is 0.202 e. The summed E-state index contributed by atoms with van der Waals surface area (Å²) in [4.78, 5) is 13.2. The minimum Gasteiger partial charge on any atom is -0.330 e.